The van der Waals surface area contributed by atoms with E-state index in [1.807, 2.05) is 0 Å². The average molecular weight is 458 g/mol. The number of alkyl halides is 4. The molecule has 138 valence electrons. The summed E-state index contributed by atoms with van der Waals surface area (Å²) in [6.07, 6.45) is 0.0299. The van der Waals surface area contributed by atoms with Crippen LogP contribution in [0.1, 0.15) is 59.3 Å². The van der Waals surface area contributed by atoms with Gasteiger partial charge in [0, 0.05) is 0 Å². The number of carbonyl (C=O) groups excluding carboxylic acids is 1. The summed E-state index contributed by atoms with van der Waals surface area (Å²) in [6.45, 7) is 5.46. The lowest BCUT2D eigenvalue weighted by molar-refractivity contribution is -0.228. The molecule has 0 aromatic rings. The molecule has 4 aliphatic rings. The second-order valence-corrected chi connectivity index (χ2v) is 11.1. The van der Waals surface area contributed by atoms with Crippen LogP contribution in [-0.4, -0.2) is 21.2 Å². The van der Waals surface area contributed by atoms with E-state index in [0.717, 1.165) is 37.5 Å². The minimum Gasteiger partial charge on any atom is -0.457 e. The Bertz CT molecular complexity index is 485. The molecule has 24 heavy (non-hydrogen) atoms. The van der Waals surface area contributed by atoms with Crippen LogP contribution in [0.5, 0.6) is 0 Å². The van der Waals surface area contributed by atoms with Crippen LogP contribution in [0.3, 0.4) is 0 Å². The first-order valence-corrected chi connectivity index (χ1v) is 10.0. The molecule has 1 atom stereocenters. The summed E-state index contributed by atoms with van der Waals surface area (Å²) >= 11 is 1.62. The molecule has 6 heteroatoms. The van der Waals surface area contributed by atoms with Gasteiger partial charge in [0.25, 0.3) is 0 Å². The van der Waals surface area contributed by atoms with Gasteiger partial charge >= 0.3 is 12.1 Å². The molecule has 2 nitrogen and oxygen atoms in total. The van der Waals surface area contributed by atoms with E-state index in [2.05, 4.69) is 13.8 Å². The third kappa shape index (κ3) is 3.20. The van der Waals surface area contributed by atoms with Crippen molar-refractivity contribution in [1.82, 2.24) is 0 Å². The third-order valence-electron chi connectivity index (χ3n) is 6.54. The van der Waals surface area contributed by atoms with Crippen molar-refractivity contribution < 1.29 is 22.7 Å². The first kappa shape index (κ1) is 18.8. The average Bonchev–Trinajstić information content (AvgIpc) is 2.38. The van der Waals surface area contributed by atoms with Crippen molar-refractivity contribution in [2.24, 2.45) is 29.6 Å². The molecule has 0 radical (unpaired) electrons. The molecule has 4 bridgehead atoms. The van der Waals surface area contributed by atoms with Gasteiger partial charge in [0.1, 0.15) is 9.02 Å². The maximum atomic E-state index is 12.8. The monoisotopic (exact) mass is 458 g/mol. The second kappa shape index (κ2) is 6.02. The Morgan fingerprint density at radius 2 is 1.58 bits per heavy atom. The fourth-order valence-electron chi connectivity index (χ4n) is 5.86. The molecule has 0 aromatic heterocycles. The van der Waals surface area contributed by atoms with Gasteiger partial charge in [0.2, 0.25) is 0 Å². The molecule has 4 fully saturated rings. The lowest BCUT2D eigenvalue weighted by Crippen LogP contribution is -2.63. The van der Waals surface area contributed by atoms with Gasteiger partial charge in [-0.1, -0.05) is 36.4 Å². The van der Waals surface area contributed by atoms with Crippen LogP contribution in [0.2, 0.25) is 0 Å². The number of halogens is 4. The minimum atomic E-state index is -4.37. The van der Waals surface area contributed by atoms with Crippen molar-refractivity contribution in [3.8, 4) is 0 Å². The fourth-order valence-corrected chi connectivity index (χ4v) is 6.41. The summed E-state index contributed by atoms with van der Waals surface area (Å²) in [5, 5.41) is 0. The van der Waals surface area contributed by atoms with E-state index in [1.165, 1.54) is 13.3 Å². The number of esters is 1. The van der Waals surface area contributed by atoms with Crippen LogP contribution < -0.4 is 0 Å². The first-order valence-electron chi connectivity index (χ1n) is 8.93. The molecule has 4 saturated carbocycles. The summed E-state index contributed by atoms with van der Waals surface area (Å²) in [5.74, 6) is 1.51. The number of rotatable bonds is 4. The summed E-state index contributed by atoms with van der Waals surface area (Å²) < 4.78 is 42.9. The largest absolute Gasteiger partial charge is 0.457 e. The Labute approximate surface area is 155 Å². The van der Waals surface area contributed by atoms with Crippen molar-refractivity contribution in [2.45, 2.75) is 74.5 Å². The highest BCUT2D eigenvalue weighted by Gasteiger charge is 2.61. The van der Waals surface area contributed by atoms with Crippen molar-refractivity contribution in [1.29, 1.82) is 0 Å². The lowest BCUT2D eigenvalue weighted by atomic mass is 9.47. The van der Waals surface area contributed by atoms with E-state index >= 15 is 0 Å². The van der Waals surface area contributed by atoms with Gasteiger partial charge in [-0.25, -0.2) is 0 Å². The number of hydrogen-bond acceptors (Lipinski definition) is 2. The molecule has 0 saturated heterocycles. The topological polar surface area (TPSA) is 26.3 Å². The summed E-state index contributed by atoms with van der Waals surface area (Å²) in [4.78, 5) is 12.7. The Morgan fingerprint density at radius 3 is 1.96 bits per heavy atom. The SMILES string of the molecule is CC(C)C1(OC(=O)C(C)(I)CC(F)(F)F)C2CC3CC(C2)CC1C3. The maximum absolute atomic E-state index is 12.8. The van der Waals surface area contributed by atoms with Gasteiger partial charge < -0.3 is 4.74 Å². The molecule has 0 amide bonds. The van der Waals surface area contributed by atoms with Crippen LogP contribution >= 0.6 is 22.6 Å². The predicted molar refractivity (Wildman–Crippen MR) is 93.8 cm³/mol. The highest BCUT2D eigenvalue weighted by molar-refractivity contribution is 14.1. The maximum Gasteiger partial charge on any atom is 0.390 e. The second-order valence-electron chi connectivity index (χ2n) is 8.69. The molecule has 0 aromatic carbocycles. The van der Waals surface area contributed by atoms with Crippen molar-refractivity contribution in [2.75, 3.05) is 0 Å². The minimum absolute atomic E-state index is 0.134. The highest BCUT2D eigenvalue weighted by Crippen LogP contribution is 2.62. The van der Waals surface area contributed by atoms with Crippen LogP contribution in [0.25, 0.3) is 0 Å². The first-order chi connectivity index (χ1) is 10.9. The molecule has 4 aliphatic carbocycles. The highest BCUT2D eigenvalue weighted by atomic mass is 127. The van der Waals surface area contributed by atoms with Gasteiger partial charge in [0.15, 0.2) is 0 Å². The Hall–Kier alpha value is -0.0100. The van der Waals surface area contributed by atoms with Crippen molar-refractivity contribution in [3.05, 3.63) is 0 Å². The van der Waals surface area contributed by atoms with E-state index in [4.69, 9.17) is 4.74 Å². The standard InChI is InChI=1S/C18H26F3IO2/c1-10(2)18(24-15(23)16(3,22)9-17(19,20)21)13-5-11-4-12(7-13)8-14(18)6-11/h10-14H,4-9H2,1-3H3. The normalized spacial score (nSPS) is 40.7. The van der Waals surface area contributed by atoms with Gasteiger partial charge in [-0.2, -0.15) is 13.2 Å². The molecule has 0 aliphatic heterocycles. The molecular formula is C18H26F3IO2. The molecule has 1 unspecified atom stereocenters. The zero-order valence-electron chi connectivity index (χ0n) is 14.5. The lowest BCUT2D eigenvalue weighted by Gasteiger charge is -2.62. The molecule has 0 N–H and O–H groups in total. The van der Waals surface area contributed by atoms with Crippen molar-refractivity contribution >= 4 is 28.6 Å². The number of hydrogen-bond donors (Lipinski definition) is 0. The molecule has 0 spiro atoms. The number of carbonyl (C=O) groups is 1. The van der Waals surface area contributed by atoms with E-state index in [-0.39, 0.29) is 5.92 Å². The Morgan fingerprint density at radius 1 is 1.12 bits per heavy atom. The van der Waals surface area contributed by atoms with E-state index < -0.39 is 27.6 Å². The van der Waals surface area contributed by atoms with Gasteiger partial charge in [-0.05, 0) is 68.6 Å². The fraction of sp³-hybridized carbons (Fsp3) is 0.944. The van der Waals surface area contributed by atoms with Gasteiger partial charge in [-0.15, -0.1) is 0 Å². The van der Waals surface area contributed by atoms with Crippen LogP contribution in [-0.2, 0) is 9.53 Å². The zero-order valence-corrected chi connectivity index (χ0v) is 16.6. The molecule has 4 rings (SSSR count). The van der Waals surface area contributed by atoms with Crippen LogP contribution in [0, 0.1) is 29.6 Å². The van der Waals surface area contributed by atoms with Crippen LogP contribution in [0.4, 0.5) is 13.2 Å². The van der Waals surface area contributed by atoms with Gasteiger partial charge in [0.05, 0.1) is 6.42 Å². The molecular weight excluding hydrogens is 432 g/mol. The quantitative estimate of drug-likeness (QED) is 0.315. The third-order valence-corrected chi connectivity index (χ3v) is 7.37. The predicted octanol–water partition coefficient (Wildman–Crippen LogP) is 5.53. The van der Waals surface area contributed by atoms with Gasteiger partial charge in [-0.3, -0.25) is 4.79 Å². The summed E-state index contributed by atoms with van der Waals surface area (Å²) in [6, 6.07) is 0. The van der Waals surface area contributed by atoms with E-state index in [1.54, 1.807) is 22.6 Å². The van der Waals surface area contributed by atoms with Crippen molar-refractivity contribution in [3.63, 3.8) is 0 Å². The molecule has 0 heterocycles. The van der Waals surface area contributed by atoms with E-state index in [0.29, 0.717) is 11.8 Å². The smallest absolute Gasteiger partial charge is 0.390 e. The summed E-state index contributed by atoms with van der Waals surface area (Å²) in [5.41, 5.74) is -0.567. The Balaban J connectivity index is 1.84. The summed E-state index contributed by atoms with van der Waals surface area (Å²) in [7, 11) is 0. The Kier molecular flexibility index (Phi) is 4.70. The van der Waals surface area contributed by atoms with Crippen LogP contribution in [0.15, 0.2) is 0 Å². The number of ether oxygens (including phenoxy) is 1. The van der Waals surface area contributed by atoms with E-state index in [9.17, 15) is 18.0 Å². The zero-order chi connectivity index (χ0) is 17.9.